The molecule has 1 aromatic rings. The molecule has 0 aliphatic carbocycles. The van der Waals surface area contributed by atoms with Crippen molar-refractivity contribution in [1.29, 1.82) is 0 Å². The third-order valence-electron chi connectivity index (χ3n) is 2.29. The van der Waals surface area contributed by atoms with Crippen LogP contribution in [0.5, 0.6) is 5.75 Å². The number of rotatable bonds is 1. The van der Waals surface area contributed by atoms with E-state index in [1.54, 1.807) is 19.2 Å². The minimum atomic E-state index is -0.189. The topological polar surface area (TPSA) is 49.3 Å². The Morgan fingerprint density at radius 1 is 1.33 bits per heavy atom. The van der Waals surface area contributed by atoms with Gasteiger partial charge < -0.3 is 10.4 Å². The van der Waals surface area contributed by atoms with Crippen molar-refractivity contribution in [2.24, 2.45) is 0 Å². The third kappa shape index (κ3) is 2.49. The molecule has 15 heavy (non-hydrogen) atoms. The number of phenols is 1. The van der Waals surface area contributed by atoms with Crippen LogP contribution < -0.4 is 5.32 Å². The van der Waals surface area contributed by atoms with Gasteiger partial charge in [0.2, 0.25) is 0 Å². The monoisotopic (exact) mass is 207 g/mol. The van der Waals surface area contributed by atoms with E-state index in [1.165, 1.54) is 6.07 Å². The summed E-state index contributed by atoms with van der Waals surface area (Å²) in [5.74, 6) is -0.0191. The van der Waals surface area contributed by atoms with E-state index in [0.717, 1.165) is 5.56 Å². The molecule has 0 saturated carbocycles. The first kappa shape index (κ1) is 11.6. The molecule has 0 radical (unpaired) electrons. The second kappa shape index (κ2) is 3.93. The third-order valence-corrected chi connectivity index (χ3v) is 2.29. The molecule has 1 rings (SSSR count). The Kier molecular flexibility index (Phi) is 3.03. The lowest BCUT2D eigenvalue weighted by atomic mass is 9.86. The summed E-state index contributed by atoms with van der Waals surface area (Å²) in [4.78, 5) is 11.3. The van der Waals surface area contributed by atoms with Crippen molar-refractivity contribution in [3.8, 4) is 5.75 Å². The molecule has 0 fully saturated rings. The summed E-state index contributed by atoms with van der Waals surface area (Å²) in [6.45, 7) is 6.05. The smallest absolute Gasteiger partial charge is 0.251 e. The van der Waals surface area contributed by atoms with E-state index >= 15 is 0 Å². The highest BCUT2D eigenvalue weighted by Crippen LogP contribution is 2.30. The van der Waals surface area contributed by atoms with E-state index in [-0.39, 0.29) is 17.1 Å². The van der Waals surface area contributed by atoms with Crippen molar-refractivity contribution in [2.45, 2.75) is 26.2 Å². The van der Waals surface area contributed by atoms with Gasteiger partial charge in [-0.2, -0.15) is 0 Å². The maximum Gasteiger partial charge on any atom is 0.251 e. The SMILES string of the molecule is CNC(=O)c1ccc(C(C)(C)C)c(O)c1. The predicted molar refractivity (Wildman–Crippen MR) is 60.2 cm³/mol. The molecule has 0 aliphatic heterocycles. The molecule has 0 saturated heterocycles. The van der Waals surface area contributed by atoms with E-state index in [9.17, 15) is 9.90 Å². The molecule has 3 heteroatoms. The van der Waals surface area contributed by atoms with Gasteiger partial charge in [-0.05, 0) is 23.1 Å². The van der Waals surface area contributed by atoms with E-state index in [4.69, 9.17) is 0 Å². The minimum absolute atomic E-state index is 0.120. The summed E-state index contributed by atoms with van der Waals surface area (Å²) in [6.07, 6.45) is 0. The molecule has 1 amide bonds. The highest BCUT2D eigenvalue weighted by Gasteiger charge is 2.18. The van der Waals surface area contributed by atoms with Gasteiger partial charge in [-0.15, -0.1) is 0 Å². The Hall–Kier alpha value is -1.51. The van der Waals surface area contributed by atoms with Crippen LogP contribution in [0.15, 0.2) is 18.2 Å². The van der Waals surface area contributed by atoms with Gasteiger partial charge in [0.25, 0.3) is 5.91 Å². The summed E-state index contributed by atoms with van der Waals surface area (Å²) < 4.78 is 0. The molecule has 2 N–H and O–H groups in total. The number of hydrogen-bond donors (Lipinski definition) is 2. The summed E-state index contributed by atoms with van der Waals surface area (Å²) in [5.41, 5.74) is 1.20. The van der Waals surface area contributed by atoms with Crippen LogP contribution in [0.4, 0.5) is 0 Å². The van der Waals surface area contributed by atoms with Crippen LogP contribution in [-0.4, -0.2) is 18.1 Å². The lowest BCUT2D eigenvalue weighted by Crippen LogP contribution is -2.18. The first-order chi connectivity index (χ1) is 6.86. The standard InChI is InChI=1S/C12H17NO2/c1-12(2,3)9-6-5-8(7-10(9)14)11(15)13-4/h5-7,14H,1-4H3,(H,13,15). The second-order valence-electron chi connectivity index (χ2n) is 4.56. The molecule has 0 spiro atoms. The molecule has 82 valence electrons. The summed E-state index contributed by atoms with van der Waals surface area (Å²) in [5, 5.41) is 12.3. The molecule has 0 aromatic heterocycles. The van der Waals surface area contributed by atoms with Crippen LogP contribution in [0.1, 0.15) is 36.7 Å². The average Bonchev–Trinajstić information content (AvgIpc) is 2.14. The predicted octanol–water partition coefficient (Wildman–Crippen LogP) is 2.05. The largest absolute Gasteiger partial charge is 0.508 e. The molecule has 3 nitrogen and oxygen atoms in total. The Bertz CT molecular complexity index is 378. The van der Waals surface area contributed by atoms with Gasteiger partial charge >= 0.3 is 0 Å². The van der Waals surface area contributed by atoms with E-state index in [1.807, 2.05) is 20.8 Å². The molecule has 0 unspecified atom stereocenters. The second-order valence-corrected chi connectivity index (χ2v) is 4.56. The fraction of sp³-hybridized carbons (Fsp3) is 0.417. The van der Waals surface area contributed by atoms with Gasteiger partial charge in [-0.3, -0.25) is 4.79 Å². The molecule has 0 bridgehead atoms. The number of carbonyl (C=O) groups excluding carboxylic acids is 1. The van der Waals surface area contributed by atoms with Crippen molar-refractivity contribution in [3.05, 3.63) is 29.3 Å². The molecule has 0 heterocycles. The number of aromatic hydroxyl groups is 1. The average molecular weight is 207 g/mol. The van der Waals surface area contributed by atoms with Crippen molar-refractivity contribution in [2.75, 3.05) is 7.05 Å². The zero-order chi connectivity index (χ0) is 11.6. The Balaban J connectivity index is 3.15. The van der Waals surface area contributed by atoms with Crippen LogP contribution in [-0.2, 0) is 5.41 Å². The summed E-state index contributed by atoms with van der Waals surface area (Å²) in [7, 11) is 1.57. The first-order valence-electron chi connectivity index (χ1n) is 4.92. The number of nitrogens with one attached hydrogen (secondary N) is 1. The van der Waals surface area contributed by atoms with E-state index < -0.39 is 0 Å². The van der Waals surface area contributed by atoms with Crippen molar-refractivity contribution >= 4 is 5.91 Å². The number of carbonyl (C=O) groups is 1. The molecular formula is C12H17NO2. The normalized spacial score (nSPS) is 11.2. The molecular weight excluding hydrogens is 190 g/mol. The van der Waals surface area contributed by atoms with Crippen molar-refractivity contribution in [1.82, 2.24) is 5.32 Å². The van der Waals surface area contributed by atoms with Crippen LogP contribution in [0.2, 0.25) is 0 Å². The van der Waals surface area contributed by atoms with Crippen molar-refractivity contribution in [3.63, 3.8) is 0 Å². The quantitative estimate of drug-likeness (QED) is 0.740. The van der Waals surface area contributed by atoms with Crippen molar-refractivity contribution < 1.29 is 9.90 Å². The van der Waals surface area contributed by atoms with E-state index in [2.05, 4.69) is 5.32 Å². The van der Waals surface area contributed by atoms with Gasteiger partial charge in [0.15, 0.2) is 0 Å². The first-order valence-corrected chi connectivity index (χ1v) is 4.92. The Labute approximate surface area is 90.1 Å². The maximum atomic E-state index is 11.3. The van der Waals surface area contributed by atoms with Crippen LogP contribution in [0, 0.1) is 0 Å². The lowest BCUT2D eigenvalue weighted by Gasteiger charge is -2.20. The zero-order valence-electron chi connectivity index (χ0n) is 9.59. The van der Waals surface area contributed by atoms with Crippen LogP contribution >= 0.6 is 0 Å². The van der Waals surface area contributed by atoms with Gasteiger partial charge in [0.1, 0.15) is 5.75 Å². The molecule has 1 aromatic carbocycles. The minimum Gasteiger partial charge on any atom is -0.508 e. The summed E-state index contributed by atoms with van der Waals surface area (Å²) >= 11 is 0. The fourth-order valence-electron chi connectivity index (χ4n) is 1.45. The van der Waals surface area contributed by atoms with Gasteiger partial charge in [-0.1, -0.05) is 26.8 Å². The molecule has 0 atom stereocenters. The number of hydrogen-bond acceptors (Lipinski definition) is 2. The number of phenolic OH excluding ortho intramolecular Hbond substituents is 1. The van der Waals surface area contributed by atoms with Gasteiger partial charge in [0.05, 0.1) is 0 Å². The zero-order valence-corrected chi connectivity index (χ0v) is 9.59. The van der Waals surface area contributed by atoms with Gasteiger partial charge in [-0.25, -0.2) is 0 Å². The fourth-order valence-corrected chi connectivity index (χ4v) is 1.45. The lowest BCUT2D eigenvalue weighted by molar-refractivity contribution is 0.0962. The van der Waals surface area contributed by atoms with Crippen LogP contribution in [0.3, 0.4) is 0 Å². The summed E-state index contributed by atoms with van der Waals surface area (Å²) in [6, 6.07) is 5.01. The highest BCUT2D eigenvalue weighted by molar-refractivity contribution is 5.94. The van der Waals surface area contributed by atoms with Gasteiger partial charge in [0, 0.05) is 12.6 Å². The number of amides is 1. The number of benzene rings is 1. The highest BCUT2D eigenvalue weighted by atomic mass is 16.3. The van der Waals surface area contributed by atoms with E-state index in [0.29, 0.717) is 5.56 Å². The Morgan fingerprint density at radius 3 is 2.33 bits per heavy atom. The molecule has 0 aliphatic rings. The van der Waals surface area contributed by atoms with Crippen LogP contribution in [0.25, 0.3) is 0 Å². The maximum absolute atomic E-state index is 11.3. The Morgan fingerprint density at radius 2 is 1.93 bits per heavy atom.